The second-order valence-corrected chi connectivity index (χ2v) is 5.92. The minimum atomic E-state index is 0.0662. The van der Waals surface area contributed by atoms with Crippen molar-refractivity contribution in [3.63, 3.8) is 0 Å². The zero-order valence-electron chi connectivity index (χ0n) is 12.9. The highest BCUT2D eigenvalue weighted by Gasteiger charge is 2.25. The van der Waals surface area contributed by atoms with Gasteiger partial charge in [-0.3, -0.25) is 9.78 Å². The molecule has 0 radical (unpaired) electrons. The second-order valence-electron chi connectivity index (χ2n) is 5.92. The van der Waals surface area contributed by atoms with Gasteiger partial charge in [-0.1, -0.05) is 6.07 Å². The van der Waals surface area contributed by atoms with Gasteiger partial charge in [0.05, 0.1) is 25.5 Å². The third kappa shape index (κ3) is 2.80. The fourth-order valence-corrected chi connectivity index (χ4v) is 3.16. The summed E-state index contributed by atoms with van der Waals surface area (Å²) in [4.78, 5) is 21.1. The number of carbonyl (C=O) groups excluding carboxylic acids is 1. The molecule has 5 nitrogen and oxygen atoms in total. The molecule has 1 aromatic carbocycles. The highest BCUT2D eigenvalue weighted by atomic mass is 16.5. The van der Waals surface area contributed by atoms with Gasteiger partial charge in [-0.25, -0.2) is 0 Å². The molecule has 2 aliphatic rings. The van der Waals surface area contributed by atoms with Crippen LogP contribution in [0.25, 0.3) is 0 Å². The Bertz CT molecular complexity index is 683. The minimum absolute atomic E-state index is 0.0662. The molecule has 0 saturated carbocycles. The van der Waals surface area contributed by atoms with Crippen LogP contribution in [0, 0.1) is 0 Å². The van der Waals surface area contributed by atoms with Crippen LogP contribution in [0.2, 0.25) is 0 Å². The van der Waals surface area contributed by atoms with Gasteiger partial charge >= 0.3 is 0 Å². The van der Waals surface area contributed by atoms with E-state index in [1.165, 1.54) is 0 Å². The van der Waals surface area contributed by atoms with E-state index >= 15 is 0 Å². The average molecular weight is 309 g/mol. The fraction of sp³-hybridized carbons (Fsp3) is 0.333. The fourth-order valence-electron chi connectivity index (χ4n) is 3.16. The molecule has 0 bridgehead atoms. The SMILES string of the molecule is O=C(c1ccc(N2CCOCC2)cc1)N1Cc2cccnc2C1. The van der Waals surface area contributed by atoms with E-state index in [2.05, 4.69) is 9.88 Å². The van der Waals surface area contributed by atoms with Crippen molar-refractivity contribution in [1.82, 2.24) is 9.88 Å². The summed E-state index contributed by atoms with van der Waals surface area (Å²) in [6, 6.07) is 11.9. The Kier molecular flexibility index (Phi) is 3.71. The van der Waals surface area contributed by atoms with Crippen molar-refractivity contribution in [3.05, 3.63) is 59.4 Å². The molecule has 4 rings (SSSR count). The van der Waals surface area contributed by atoms with Crippen LogP contribution in [0.5, 0.6) is 0 Å². The van der Waals surface area contributed by atoms with Crippen molar-refractivity contribution < 1.29 is 9.53 Å². The smallest absolute Gasteiger partial charge is 0.254 e. The first-order valence-electron chi connectivity index (χ1n) is 7.96. The number of morpholine rings is 1. The van der Waals surface area contributed by atoms with Crippen molar-refractivity contribution in [3.8, 4) is 0 Å². The Labute approximate surface area is 135 Å². The zero-order chi connectivity index (χ0) is 15.6. The van der Waals surface area contributed by atoms with E-state index in [-0.39, 0.29) is 5.91 Å². The van der Waals surface area contributed by atoms with Crippen LogP contribution >= 0.6 is 0 Å². The third-order valence-corrected chi connectivity index (χ3v) is 4.46. The first-order valence-corrected chi connectivity index (χ1v) is 7.96. The van der Waals surface area contributed by atoms with Crippen molar-refractivity contribution in [1.29, 1.82) is 0 Å². The maximum absolute atomic E-state index is 12.7. The molecule has 0 N–H and O–H groups in total. The van der Waals surface area contributed by atoms with E-state index in [1.54, 1.807) is 6.20 Å². The molecule has 118 valence electrons. The minimum Gasteiger partial charge on any atom is -0.378 e. The molecule has 2 aromatic rings. The van der Waals surface area contributed by atoms with Gasteiger partial charge in [-0.05, 0) is 35.9 Å². The van der Waals surface area contributed by atoms with Crippen molar-refractivity contribution >= 4 is 11.6 Å². The molecular weight excluding hydrogens is 290 g/mol. The largest absolute Gasteiger partial charge is 0.378 e. The number of anilines is 1. The lowest BCUT2D eigenvalue weighted by molar-refractivity contribution is 0.0750. The van der Waals surface area contributed by atoms with Crippen LogP contribution in [-0.2, 0) is 17.8 Å². The highest BCUT2D eigenvalue weighted by Crippen LogP contribution is 2.23. The highest BCUT2D eigenvalue weighted by molar-refractivity contribution is 5.94. The summed E-state index contributed by atoms with van der Waals surface area (Å²) in [5.41, 5.74) is 4.03. The summed E-state index contributed by atoms with van der Waals surface area (Å²) >= 11 is 0. The van der Waals surface area contributed by atoms with E-state index in [4.69, 9.17) is 4.74 Å². The van der Waals surface area contributed by atoms with Gasteiger partial charge in [0.2, 0.25) is 0 Å². The number of hydrogen-bond acceptors (Lipinski definition) is 4. The predicted octanol–water partition coefficient (Wildman–Crippen LogP) is 2.07. The summed E-state index contributed by atoms with van der Waals surface area (Å²) in [6.07, 6.45) is 1.78. The van der Waals surface area contributed by atoms with Crippen molar-refractivity contribution in [2.24, 2.45) is 0 Å². The summed E-state index contributed by atoms with van der Waals surface area (Å²) in [5.74, 6) is 0.0662. The number of rotatable bonds is 2. The number of fused-ring (bicyclic) bond motifs is 1. The monoisotopic (exact) mass is 309 g/mol. The van der Waals surface area contributed by atoms with Gasteiger partial charge in [-0.2, -0.15) is 0 Å². The summed E-state index contributed by atoms with van der Waals surface area (Å²) < 4.78 is 5.37. The lowest BCUT2D eigenvalue weighted by atomic mass is 10.1. The van der Waals surface area contributed by atoms with Gasteiger partial charge in [0, 0.05) is 37.1 Å². The molecule has 5 heteroatoms. The maximum atomic E-state index is 12.7. The maximum Gasteiger partial charge on any atom is 0.254 e. The molecule has 1 aromatic heterocycles. The first kappa shape index (κ1) is 14.2. The van der Waals surface area contributed by atoms with Crippen LogP contribution < -0.4 is 4.90 Å². The van der Waals surface area contributed by atoms with Crippen molar-refractivity contribution in [2.75, 3.05) is 31.2 Å². The number of ether oxygens (including phenoxy) is 1. The summed E-state index contributed by atoms with van der Waals surface area (Å²) in [6.45, 7) is 4.58. The van der Waals surface area contributed by atoms with Crippen LogP contribution in [-0.4, -0.2) is 42.1 Å². The molecule has 0 spiro atoms. The Morgan fingerprint density at radius 1 is 1.04 bits per heavy atom. The molecule has 0 atom stereocenters. The van der Waals surface area contributed by atoms with Crippen LogP contribution in [0.4, 0.5) is 5.69 Å². The molecule has 2 aliphatic heterocycles. The number of aromatic nitrogens is 1. The number of pyridine rings is 1. The molecule has 0 aliphatic carbocycles. The van der Waals surface area contributed by atoms with E-state index in [0.29, 0.717) is 13.1 Å². The average Bonchev–Trinajstić information content (AvgIpc) is 3.06. The standard InChI is InChI=1S/C18H19N3O2/c22-18(21-12-15-2-1-7-19-17(15)13-21)14-3-5-16(6-4-14)20-8-10-23-11-9-20/h1-7H,8-13H2. The lowest BCUT2D eigenvalue weighted by Crippen LogP contribution is -2.36. The van der Waals surface area contributed by atoms with Crippen LogP contribution in [0.3, 0.4) is 0 Å². The predicted molar refractivity (Wildman–Crippen MR) is 87.3 cm³/mol. The quantitative estimate of drug-likeness (QED) is 0.852. The number of hydrogen-bond donors (Lipinski definition) is 0. The van der Waals surface area contributed by atoms with Crippen LogP contribution in [0.1, 0.15) is 21.6 Å². The van der Waals surface area contributed by atoms with Gasteiger partial charge in [0.15, 0.2) is 0 Å². The van der Waals surface area contributed by atoms with E-state index in [0.717, 1.165) is 48.8 Å². The summed E-state index contributed by atoms with van der Waals surface area (Å²) in [7, 11) is 0. The van der Waals surface area contributed by atoms with Gasteiger partial charge in [0.1, 0.15) is 0 Å². The first-order chi connectivity index (χ1) is 11.3. The van der Waals surface area contributed by atoms with E-state index in [1.807, 2.05) is 41.3 Å². The Morgan fingerprint density at radius 3 is 2.57 bits per heavy atom. The zero-order valence-corrected chi connectivity index (χ0v) is 12.9. The number of carbonyl (C=O) groups is 1. The second kappa shape index (κ2) is 6.01. The molecule has 0 unspecified atom stereocenters. The molecule has 1 saturated heterocycles. The molecule has 1 amide bonds. The van der Waals surface area contributed by atoms with Crippen molar-refractivity contribution in [2.45, 2.75) is 13.1 Å². The van der Waals surface area contributed by atoms with Gasteiger partial charge in [0.25, 0.3) is 5.91 Å². The topological polar surface area (TPSA) is 45.7 Å². The molecule has 23 heavy (non-hydrogen) atoms. The number of nitrogens with zero attached hydrogens (tertiary/aromatic N) is 3. The molecule has 1 fully saturated rings. The lowest BCUT2D eigenvalue weighted by Gasteiger charge is -2.29. The Balaban J connectivity index is 1.47. The Hall–Kier alpha value is -2.40. The van der Waals surface area contributed by atoms with E-state index < -0.39 is 0 Å². The van der Waals surface area contributed by atoms with E-state index in [9.17, 15) is 4.79 Å². The third-order valence-electron chi connectivity index (χ3n) is 4.46. The van der Waals surface area contributed by atoms with Crippen LogP contribution in [0.15, 0.2) is 42.6 Å². The number of amides is 1. The van der Waals surface area contributed by atoms with Gasteiger partial charge < -0.3 is 14.5 Å². The summed E-state index contributed by atoms with van der Waals surface area (Å²) in [5, 5.41) is 0. The molecule has 3 heterocycles. The molecular formula is C18H19N3O2. The Morgan fingerprint density at radius 2 is 1.83 bits per heavy atom. The van der Waals surface area contributed by atoms with Gasteiger partial charge in [-0.15, -0.1) is 0 Å². The normalized spacial score (nSPS) is 17.2. The number of benzene rings is 1.